The summed E-state index contributed by atoms with van der Waals surface area (Å²) in [6.07, 6.45) is 6.11. The average Bonchev–Trinajstić information content (AvgIpc) is 3.00. The standard InChI is InChI=1S/C16H22N4S/c1-13-9-17-11-16(19-13)18-10-14-4-6-20(7-5-14)12-15-3-2-8-21-15/h2-3,8-9,11,14H,4-7,10,12H2,1H3,(H,18,19). The lowest BCUT2D eigenvalue weighted by atomic mass is 9.97. The molecule has 21 heavy (non-hydrogen) atoms. The third kappa shape index (κ3) is 4.25. The van der Waals surface area contributed by atoms with Gasteiger partial charge in [-0.05, 0) is 50.2 Å². The van der Waals surface area contributed by atoms with Crippen LogP contribution in [-0.4, -0.2) is 34.5 Å². The number of likely N-dealkylation sites (tertiary alicyclic amines) is 1. The highest BCUT2D eigenvalue weighted by molar-refractivity contribution is 7.09. The molecule has 0 aromatic carbocycles. The SMILES string of the molecule is Cc1cncc(NCC2CCN(Cc3cccs3)CC2)n1. The van der Waals surface area contributed by atoms with Crippen molar-refractivity contribution in [2.45, 2.75) is 26.3 Å². The maximum atomic E-state index is 4.44. The number of rotatable bonds is 5. The number of aromatic nitrogens is 2. The molecule has 0 atom stereocenters. The zero-order valence-electron chi connectivity index (χ0n) is 12.5. The average molecular weight is 302 g/mol. The van der Waals surface area contributed by atoms with Crippen molar-refractivity contribution in [2.75, 3.05) is 25.0 Å². The first-order chi connectivity index (χ1) is 10.3. The fourth-order valence-corrected chi connectivity index (χ4v) is 3.52. The van der Waals surface area contributed by atoms with Gasteiger partial charge in [-0.2, -0.15) is 0 Å². The molecule has 1 fully saturated rings. The minimum atomic E-state index is 0.742. The van der Waals surface area contributed by atoms with Crippen molar-refractivity contribution in [1.82, 2.24) is 14.9 Å². The first-order valence-corrected chi connectivity index (χ1v) is 8.45. The first kappa shape index (κ1) is 14.5. The highest BCUT2D eigenvalue weighted by Gasteiger charge is 2.19. The normalized spacial score (nSPS) is 17.0. The molecule has 2 aromatic heterocycles. The van der Waals surface area contributed by atoms with Crippen molar-refractivity contribution in [3.8, 4) is 0 Å². The summed E-state index contributed by atoms with van der Waals surface area (Å²) in [7, 11) is 0. The van der Waals surface area contributed by atoms with E-state index in [9.17, 15) is 0 Å². The monoisotopic (exact) mass is 302 g/mol. The highest BCUT2D eigenvalue weighted by atomic mass is 32.1. The van der Waals surface area contributed by atoms with E-state index in [1.165, 1.54) is 30.8 Å². The second-order valence-electron chi connectivity index (χ2n) is 5.73. The summed E-state index contributed by atoms with van der Waals surface area (Å²) < 4.78 is 0. The van der Waals surface area contributed by atoms with Gasteiger partial charge in [-0.1, -0.05) is 6.07 Å². The Balaban J connectivity index is 1.41. The van der Waals surface area contributed by atoms with Crippen LogP contribution in [0.5, 0.6) is 0 Å². The number of thiophene rings is 1. The Morgan fingerprint density at radius 1 is 1.33 bits per heavy atom. The van der Waals surface area contributed by atoms with Crippen LogP contribution in [-0.2, 0) is 6.54 Å². The van der Waals surface area contributed by atoms with Crippen molar-refractivity contribution >= 4 is 17.2 Å². The minimum Gasteiger partial charge on any atom is -0.369 e. The summed E-state index contributed by atoms with van der Waals surface area (Å²) in [4.78, 5) is 12.6. The van der Waals surface area contributed by atoms with E-state index in [2.05, 4.69) is 37.7 Å². The largest absolute Gasteiger partial charge is 0.369 e. The molecule has 0 amide bonds. The molecule has 0 radical (unpaired) electrons. The molecule has 1 N–H and O–H groups in total. The van der Waals surface area contributed by atoms with Gasteiger partial charge >= 0.3 is 0 Å². The van der Waals surface area contributed by atoms with Crippen LogP contribution in [0.4, 0.5) is 5.82 Å². The van der Waals surface area contributed by atoms with Crippen molar-refractivity contribution in [3.63, 3.8) is 0 Å². The number of nitrogens with zero attached hydrogens (tertiary/aromatic N) is 3. The Kier molecular flexibility index (Phi) is 4.83. The number of nitrogens with one attached hydrogen (secondary N) is 1. The van der Waals surface area contributed by atoms with E-state index in [1.54, 1.807) is 12.4 Å². The lowest BCUT2D eigenvalue weighted by Crippen LogP contribution is -2.35. The van der Waals surface area contributed by atoms with Gasteiger partial charge in [-0.3, -0.25) is 9.88 Å². The Labute approximate surface area is 130 Å². The smallest absolute Gasteiger partial charge is 0.144 e. The molecule has 112 valence electrons. The number of aryl methyl sites for hydroxylation is 1. The van der Waals surface area contributed by atoms with Gasteiger partial charge in [0.05, 0.1) is 11.9 Å². The van der Waals surface area contributed by atoms with Gasteiger partial charge in [0.1, 0.15) is 5.82 Å². The number of hydrogen-bond donors (Lipinski definition) is 1. The van der Waals surface area contributed by atoms with Crippen LogP contribution >= 0.6 is 11.3 Å². The van der Waals surface area contributed by atoms with E-state index in [0.29, 0.717) is 0 Å². The lowest BCUT2D eigenvalue weighted by molar-refractivity contribution is 0.184. The van der Waals surface area contributed by atoms with Gasteiger partial charge in [0, 0.05) is 24.2 Å². The molecule has 3 heterocycles. The molecule has 3 rings (SSSR count). The second kappa shape index (κ2) is 7.00. The summed E-state index contributed by atoms with van der Waals surface area (Å²) in [6, 6.07) is 4.37. The van der Waals surface area contributed by atoms with E-state index in [4.69, 9.17) is 0 Å². The molecule has 0 unspecified atom stereocenters. The molecular weight excluding hydrogens is 280 g/mol. The van der Waals surface area contributed by atoms with Gasteiger partial charge < -0.3 is 5.32 Å². The molecule has 0 bridgehead atoms. The Morgan fingerprint density at radius 3 is 2.90 bits per heavy atom. The number of piperidine rings is 1. The van der Waals surface area contributed by atoms with E-state index >= 15 is 0 Å². The molecule has 2 aromatic rings. The van der Waals surface area contributed by atoms with Crippen LogP contribution in [0.1, 0.15) is 23.4 Å². The van der Waals surface area contributed by atoms with Crippen molar-refractivity contribution in [1.29, 1.82) is 0 Å². The zero-order chi connectivity index (χ0) is 14.5. The highest BCUT2D eigenvalue weighted by Crippen LogP contribution is 2.21. The second-order valence-corrected chi connectivity index (χ2v) is 6.76. The molecule has 4 nitrogen and oxygen atoms in total. The molecular formula is C16H22N4S. The van der Waals surface area contributed by atoms with Gasteiger partial charge in [-0.15, -0.1) is 11.3 Å². The topological polar surface area (TPSA) is 41.1 Å². The Hall–Kier alpha value is -1.46. The Bertz CT molecular complexity index is 547. The predicted octanol–water partition coefficient (Wildman–Crippen LogP) is 3.17. The molecule has 1 aliphatic heterocycles. The first-order valence-electron chi connectivity index (χ1n) is 7.57. The van der Waals surface area contributed by atoms with Gasteiger partial charge in [0.2, 0.25) is 0 Å². The number of anilines is 1. The van der Waals surface area contributed by atoms with Crippen LogP contribution in [0.15, 0.2) is 29.9 Å². The number of hydrogen-bond acceptors (Lipinski definition) is 5. The third-order valence-corrected chi connectivity index (χ3v) is 4.85. The van der Waals surface area contributed by atoms with Gasteiger partial charge in [0.15, 0.2) is 0 Å². The maximum Gasteiger partial charge on any atom is 0.144 e. The van der Waals surface area contributed by atoms with E-state index in [1.807, 2.05) is 18.3 Å². The van der Waals surface area contributed by atoms with Crippen LogP contribution in [0, 0.1) is 12.8 Å². The molecule has 1 saturated heterocycles. The molecule has 1 aliphatic rings. The summed E-state index contributed by atoms with van der Waals surface area (Å²) in [5.41, 5.74) is 0.964. The molecule has 0 aliphatic carbocycles. The van der Waals surface area contributed by atoms with Crippen LogP contribution in [0.2, 0.25) is 0 Å². The fraction of sp³-hybridized carbons (Fsp3) is 0.500. The zero-order valence-corrected chi connectivity index (χ0v) is 13.3. The predicted molar refractivity (Wildman–Crippen MR) is 87.6 cm³/mol. The third-order valence-electron chi connectivity index (χ3n) is 3.99. The summed E-state index contributed by atoms with van der Waals surface area (Å²) >= 11 is 1.86. The van der Waals surface area contributed by atoms with Gasteiger partial charge in [0.25, 0.3) is 0 Å². The van der Waals surface area contributed by atoms with Crippen LogP contribution in [0.3, 0.4) is 0 Å². The molecule has 0 spiro atoms. The molecule has 5 heteroatoms. The van der Waals surface area contributed by atoms with Crippen molar-refractivity contribution in [2.24, 2.45) is 5.92 Å². The maximum absolute atomic E-state index is 4.44. The summed E-state index contributed by atoms with van der Waals surface area (Å²) in [5.74, 6) is 1.64. The fourth-order valence-electron chi connectivity index (χ4n) is 2.77. The lowest BCUT2D eigenvalue weighted by Gasteiger charge is -2.31. The van der Waals surface area contributed by atoms with Crippen molar-refractivity contribution in [3.05, 3.63) is 40.5 Å². The van der Waals surface area contributed by atoms with Crippen LogP contribution in [0.25, 0.3) is 0 Å². The summed E-state index contributed by atoms with van der Waals surface area (Å²) in [6.45, 7) is 6.49. The minimum absolute atomic E-state index is 0.742. The van der Waals surface area contributed by atoms with E-state index in [-0.39, 0.29) is 0 Å². The summed E-state index contributed by atoms with van der Waals surface area (Å²) in [5, 5.41) is 5.59. The van der Waals surface area contributed by atoms with Crippen molar-refractivity contribution < 1.29 is 0 Å². The Morgan fingerprint density at radius 2 is 2.19 bits per heavy atom. The molecule has 0 saturated carbocycles. The quantitative estimate of drug-likeness (QED) is 0.921. The van der Waals surface area contributed by atoms with Crippen LogP contribution < -0.4 is 5.32 Å². The van der Waals surface area contributed by atoms with Gasteiger partial charge in [-0.25, -0.2) is 4.98 Å². The van der Waals surface area contributed by atoms with E-state index in [0.717, 1.165) is 30.5 Å². The van der Waals surface area contributed by atoms with E-state index < -0.39 is 0 Å².